The van der Waals surface area contributed by atoms with E-state index in [9.17, 15) is 0 Å². The zero-order valence-electron chi connectivity index (χ0n) is 11.0. The quantitative estimate of drug-likeness (QED) is 0.406. The zero-order chi connectivity index (χ0) is 12.7. The van der Waals surface area contributed by atoms with Crippen LogP contribution in [0.2, 0.25) is 25.2 Å². The van der Waals surface area contributed by atoms with Gasteiger partial charge >= 0.3 is 0 Å². The summed E-state index contributed by atoms with van der Waals surface area (Å²) in [5, 5.41) is 0. The summed E-state index contributed by atoms with van der Waals surface area (Å²) in [5.41, 5.74) is 8.55. The van der Waals surface area contributed by atoms with E-state index in [4.69, 9.17) is 0 Å². The molecular formula is C14H26Si2. The molecule has 0 aromatic carbocycles. The predicted octanol–water partition coefficient (Wildman–Crippen LogP) is 4.82. The standard InChI is InChI=1S/C14H26Si2/c1-7-15(5,8-2)13-11-12-14-16(6,9-3)10-4/h7-10H,1-4,11-14H2,5-6H3. The van der Waals surface area contributed by atoms with Gasteiger partial charge in [-0.05, 0) is 0 Å². The second-order valence-electron chi connectivity index (χ2n) is 5.04. The molecule has 0 atom stereocenters. The highest BCUT2D eigenvalue weighted by molar-refractivity contribution is 6.88. The zero-order valence-corrected chi connectivity index (χ0v) is 13.0. The normalized spacial score (nSPS) is 11.9. The summed E-state index contributed by atoms with van der Waals surface area (Å²) < 4.78 is 0. The Kier molecular flexibility index (Phi) is 6.61. The molecule has 90 valence electrons. The first-order valence-electron chi connectivity index (χ1n) is 5.99. The van der Waals surface area contributed by atoms with E-state index < -0.39 is 16.1 Å². The maximum absolute atomic E-state index is 3.93. The van der Waals surface area contributed by atoms with E-state index in [1.54, 1.807) is 0 Å². The Labute approximate surface area is 103 Å². The molecule has 0 radical (unpaired) electrons. The van der Waals surface area contributed by atoms with Crippen LogP contribution >= 0.6 is 0 Å². The van der Waals surface area contributed by atoms with E-state index in [1.165, 1.54) is 24.9 Å². The third-order valence-electron chi connectivity index (χ3n) is 3.55. The highest BCUT2D eigenvalue weighted by Crippen LogP contribution is 2.21. The summed E-state index contributed by atoms with van der Waals surface area (Å²) in [5.74, 6) is 0. The van der Waals surface area contributed by atoms with Gasteiger partial charge in [0.25, 0.3) is 0 Å². The molecule has 0 saturated carbocycles. The smallest absolute Gasteiger partial charge is 0.0973 e. The van der Waals surface area contributed by atoms with E-state index in [0.29, 0.717) is 0 Å². The molecule has 0 bridgehead atoms. The van der Waals surface area contributed by atoms with Gasteiger partial charge in [-0.1, -0.05) is 60.8 Å². The van der Waals surface area contributed by atoms with Gasteiger partial charge in [0.1, 0.15) is 0 Å². The molecule has 0 fully saturated rings. The number of rotatable bonds is 9. The Morgan fingerprint density at radius 2 is 0.938 bits per heavy atom. The lowest BCUT2D eigenvalue weighted by Gasteiger charge is -2.21. The Morgan fingerprint density at radius 3 is 1.12 bits per heavy atom. The van der Waals surface area contributed by atoms with Crippen LogP contribution in [0.15, 0.2) is 49.1 Å². The lowest BCUT2D eigenvalue weighted by molar-refractivity contribution is 0.859. The Morgan fingerprint density at radius 1 is 0.688 bits per heavy atom. The van der Waals surface area contributed by atoms with Crippen molar-refractivity contribution < 1.29 is 0 Å². The van der Waals surface area contributed by atoms with Crippen LogP contribution in [0.1, 0.15) is 12.8 Å². The van der Waals surface area contributed by atoms with Crippen molar-refractivity contribution in [1.82, 2.24) is 0 Å². The van der Waals surface area contributed by atoms with Crippen molar-refractivity contribution in [2.24, 2.45) is 0 Å². The number of hydrogen-bond donors (Lipinski definition) is 0. The molecule has 0 saturated heterocycles. The average molecular weight is 251 g/mol. The molecule has 0 amide bonds. The monoisotopic (exact) mass is 250 g/mol. The summed E-state index contributed by atoms with van der Waals surface area (Å²) in [6, 6.07) is 2.55. The van der Waals surface area contributed by atoms with E-state index in [2.05, 4.69) is 62.2 Å². The van der Waals surface area contributed by atoms with E-state index >= 15 is 0 Å². The lowest BCUT2D eigenvalue weighted by atomic mass is 10.4. The molecule has 2 heteroatoms. The highest BCUT2D eigenvalue weighted by atomic mass is 28.3. The molecule has 0 unspecified atom stereocenters. The lowest BCUT2D eigenvalue weighted by Crippen LogP contribution is -2.26. The Hall–Kier alpha value is -0.606. The molecule has 0 N–H and O–H groups in total. The Balaban J connectivity index is 4.01. The minimum absolute atomic E-state index is 1.28. The summed E-state index contributed by atoms with van der Waals surface area (Å²) >= 11 is 0. The second-order valence-corrected chi connectivity index (χ2v) is 13.7. The van der Waals surface area contributed by atoms with Crippen LogP contribution < -0.4 is 0 Å². The first-order valence-corrected chi connectivity index (χ1v) is 11.7. The van der Waals surface area contributed by atoms with Gasteiger partial charge in [0, 0.05) is 0 Å². The maximum Gasteiger partial charge on any atom is 0.0973 e. The third kappa shape index (κ3) is 4.95. The summed E-state index contributed by atoms with van der Waals surface area (Å²) in [6.45, 7) is 20.4. The largest absolute Gasteiger partial charge is 0.107 e. The average Bonchev–Trinajstić information content (AvgIpc) is 2.34. The van der Waals surface area contributed by atoms with Gasteiger partial charge in [-0.2, -0.15) is 0 Å². The van der Waals surface area contributed by atoms with Crippen molar-refractivity contribution in [2.75, 3.05) is 0 Å². The predicted molar refractivity (Wildman–Crippen MR) is 82.9 cm³/mol. The number of hydrogen-bond acceptors (Lipinski definition) is 0. The SMILES string of the molecule is C=C[Si](C)(C=C)CCCC[Si](C)(C=C)C=C. The van der Waals surface area contributed by atoms with E-state index in [0.717, 1.165) is 0 Å². The van der Waals surface area contributed by atoms with Gasteiger partial charge in [0.2, 0.25) is 0 Å². The molecule has 0 rings (SSSR count). The van der Waals surface area contributed by atoms with Crippen LogP contribution in [0, 0.1) is 0 Å². The van der Waals surface area contributed by atoms with Gasteiger partial charge in [-0.25, -0.2) is 0 Å². The van der Waals surface area contributed by atoms with Crippen LogP contribution in [0.25, 0.3) is 0 Å². The third-order valence-corrected chi connectivity index (χ3v) is 10.1. The molecule has 0 aromatic rings. The molecule has 0 spiro atoms. The minimum atomic E-state index is -1.32. The Bertz CT molecular complexity index is 222. The molecule has 0 aliphatic carbocycles. The van der Waals surface area contributed by atoms with Crippen LogP contribution in [-0.2, 0) is 0 Å². The van der Waals surface area contributed by atoms with Gasteiger partial charge < -0.3 is 0 Å². The fourth-order valence-corrected chi connectivity index (χ4v) is 4.76. The molecular weight excluding hydrogens is 224 g/mol. The molecule has 16 heavy (non-hydrogen) atoms. The summed E-state index contributed by atoms with van der Waals surface area (Å²) in [4.78, 5) is 0. The molecule has 0 aromatic heterocycles. The maximum atomic E-state index is 3.93. The first kappa shape index (κ1) is 15.4. The van der Waals surface area contributed by atoms with Gasteiger partial charge in [0.05, 0.1) is 16.1 Å². The van der Waals surface area contributed by atoms with Crippen molar-refractivity contribution in [3.8, 4) is 0 Å². The van der Waals surface area contributed by atoms with Crippen molar-refractivity contribution in [3.63, 3.8) is 0 Å². The molecule has 0 aliphatic rings. The van der Waals surface area contributed by atoms with Crippen LogP contribution in [0.5, 0.6) is 0 Å². The van der Waals surface area contributed by atoms with Crippen LogP contribution in [-0.4, -0.2) is 16.1 Å². The molecule has 0 nitrogen and oxygen atoms in total. The van der Waals surface area contributed by atoms with Crippen molar-refractivity contribution >= 4 is 16.1 Å². The fraction of sp³-hybridized carbons (Fsp3) is 0.429. The van der Waals surface area contributed by atoms with Crippen LogP contribution in [0.3, 0.4) is 0 Å². The van der Waals surface area contributed by atoms with Crippen molar-refractivity contribution in [3.05, 3.63) is 49.1 Å². The van der Waals surface area contributed by atoms with Crippen molar-refractivity contribution in [1.29, 1.82) is 0 Å². The van der Waals surface area contributed by atoms with Gasteiger partial charge in [0.15, 0.2) is 0 Å². The molecule has 0 heterocycles. The minimum Gasteiger partial charge on any atom is -0.107 e. The van der Waals surface area contributed by atoms with E-state index in [1.807, 2.05) is 0 Å². The van der Waals surface area contributed by atoms with E-state index in [-0.39, 0.29) is 0 Å². The topological polar surface area (TPSA) is 0 Å². The van der Waals surface area contributed by atoms with Crippen molar-refractivity contribution in [2.45, 2.75) is 38.0 Å². The fourth-order valence-electron chi connectivity index (χ4n) is 1.59. The summed E-state index contributed by atoms with van der Waals surface area (Å²) in [7, 11) is -2.65. The number of unbranched alkanes of at least 4 members (excludes halogenated alkanes) is 1. The molecule has 0 aliphatic heterocycles. The van der Waals surface area contributed by atoms with Gasteiger partial charge in [-0.15, -0.1) is 26.3 Å². The van der Waals surface area contributed by atoms with Crippen LogP contribution in [0.4, 0.5) is 0 Å². The second kappa shape index (κ2) is 6.87. The summed E-state index contributed by atoms with van der Waals surface area (Å²) in [6.07, 6.45) is 2.57. The highest BCUT2D eigenvalue weighted by Gasteiger charge is 2.20. The van der Waals surface area contributed by atoms with Gasteiger partial charge in [-0.3, -0.25) is 0 Å². The first-order chi connectivity index (χ1) is 7.45.